The summed E-state index contributed by atoms with van der Waals surface area (Å²) >= 11 is 0. The molecule has 0 spiro atoms. The number of likely N-dealkylation sites (tertiary alicyclic amines) is 1. The zero-order valence-electron chi connectivity index (χ0n) is 11.5. The summed E-state index contributed by atoms with van der Waals surface area (Å²) in [7, 11) is 2.07. The maximum atomic E-state index is 12.0. The first-order valence-corrected chi connectivity index (χ1v) is 6.44. The molecule has 1 atom stereocenters. The fourth-order valence-electron chi connectivity index (χ4n) is 1.99. The summed E-state index contributed by atoms with van der Waals surface area (Å²) < 4.78 is 5.51. The van der Waals surface area contributed by atoms with E-state index in [9.17, 15) is 4.79 Å². The summed E-state index contributed by atoms with van der Waals surface area (Å²) in [5.74, 6) is 1.01. The van der Waals surface area contributed by atoms with Crippen molar-refractivity contribution in [1.82, 2.24) is 15.2 Å². The number of oxazole rings is 1. The van der Waals surface area contributed by atoms with Gasteiger partial charge in [-0.2, -0.15) is 0 Å². The van der Waals surface area contributed by atoms with Crippen LogP contribution in [0.3, 0.4) is 0 Å². The molecule has 5 nitrogen and oxygen atoms in total. The van der Waals surface area contributed by atoms with E-state index >= 15 is 0 Å². The molecule has 1 aromatic rings. The maximum Gasteiger partial charge on any atom is 0.289 e. The molecule has 2 heterocycles. The molecular weight excluding hydrogens is 230 g/mol. The summed E-state index contributed by atoms with van der Waals surface area (Å²) in [6, 6.07) is 0.460. The van der Waals surface area contributed by atoms with E-state index in [0.717, 1.165) is 13.0 Å². The number of hydrogen-bond donors (Lipinski definition) is 1. The third-order valence-electron chi connectivity index (χ3n) is 3.45. The summed E-state index contributed by atoms with van der Waals surface area (Å²) in [5, 5.41) is 2.91. The summed E-state index contributed by atoms with van der Waals surface area (Å²) in [6.07, 6.45) is 1.14. The Hall–Kier alpha value is -1.36. The highest BCUT2D eigenvalue weighted by atomic mass is 16.4. The molecule has 1 aliphatic heterocycles. The van der Waals surface area contributed by atoms with E-state index in [1.54, 1.807) is 6.92 Å². The molecule has 0 aliphatic carbocycles. The Labute approximate surface area is 108 Å². The van der Waals surface area contributed by atoms with E-state index in [1.165, 1.54) is 0 Å². The first-order valence-electron chi connectivity index (χ1n) is 6.44. The van der Waals surface area contributed by atoms with Gasteiger partial charge in [-0.1, -0.05) is 13.8 Å². The minimum absolute atomic E-state index is 0.160. The second kappa shape index (κ2) is 5.10. The number of aryl methyl sites for hydroxylation is 1. The van der Waals surface area contributed by atoms with Crippen LogP contribution in [0.15, 0.2) is 4.42 Å². The topological polar surface area (TPSA) is 58.4 Å². The van der Waals surface area contributed by atoms with Gasteiger partial charge in [-0.3, -0.25) is 4.79 Å². The lowest BCUT2D eigenvalue weighted by atomic mass is 10.1. The van der Waals surface area contributed by atoms with Crippen molar-refractivity contribution in [2.45, 2.75) is 39.2 Å². The van der Waals surface area contributed by atoms with E-state index < -0.39 is 0 Å². The molecule has 0 aromatic carbocycles. The van der Waals surface area contributed by atoms with Crippen LogP contribution in [-0.2, 0) is 0 Å². The molecule has 5 heteroatoms. The lowest BCUT2D eigenvalue weighted by Gasteiger charge is -2.37. The van der Waals surface area contributed by atoms with Crippen molar-refractivity contribution in [2.24, 2.45) is 0 Å². The van der Waals surface area contributed by atoms with Crippen LogP contribution in [0.5, 0.6) is 0 Å². The number of carbonyl (C=O) groups excluding carboxylic acids is 1. The smallest absolute Gasteiger partial charge is 0.289 e. The Kier molecular flexibility index (Phi) is 3.71. The molecule has 1 fully saturated rings. The molecular formula is C13H21N3O2. The average molecular weight is 251 g/mol. The van der Waals surface area contributed by atoms with Crippen LogP contribution in [0.1, 0.15) is 48.3 Å². The highest BCUT2D eigenvalue weighted by Crippen LogP contribution is 2.18. The highest BCUT2D eigenvalue weighted by Gasteiger charge is 2.25. The highest BCUT2D eigenvalue weighted by molar-refractivity contribution is 5.92. The summed E-state index contributed by atoms with van der Waals surface area (Å²) in [4.78, 5) is 18.5. The van der Waals surface area contributed by atoms with Crippen molar-refractivity contribution in [3.05, 3.63) is 17.3 Å². The van der Waals surface area contributed by atoms with E-state index in [2.05, 4.69) is 22.2 Å². The molecule has 2 rings (SSSR count). The molecule has 0 bridgehead atoms. The first kappa shape index (κ1) is 13.1. The second-order valence-corrected chi connectivity index (χ2v) is 5.25. The van der Waals surface area contributed by atoms with Gasteiger partial charge in [-0.25, -0.2) is 4.98 Å². The minimum Gasteiger partial charge on any atom is -0.435 e. The van der Waals surface area contributed by atoms with Gasteiger partial charge < -0.3 is 14.6 Å². The van der Waals surface area contributed by atoms with E-state index in [1.807, 2.05) is 13.8 Å². The Morgan fingerprint density at radius 2 is 2.33 bits per heavy atom. The van der Waals surface area contributed by atoms with Crippen molar-refractivity contribution >= 4 is 5.91 Å². The fourth-order valence-corrected chi connectivity index (χ4v) is 1.99. The van der Waals surface area contributed by atoms with Gasteiger partial charge in [0.2, 0.25) is 5.76 Å². The number of carbonyl (C=O) groups is 1. The van der Waals surface area contributed by atoms with Crippen molar-refractivity contribution in [1.29, 1.82) is 0 Å². The number of amides is 1. The first-order chi connectivity index (χ1) is 8.49. The SMILES string of the molecule is Cc1nc(C(C)C)oc1C(=O)NCC1CCN1C. The second-order valence-electron chi connectivity index (χ2n) is 5.25. The number of nitrogens with zero attached hydrogens (tertiary/aromatic N) is 2. The van der Waals surface area contributed by atoms with Gasteiger partial charge in [0.05, 0.1) is 5.69 Å². The fraction of sp³-hybridized carbons (Fsp3) is 0.692. The third-order valence-corrected chi connectivity index (χ3v) is 3.45. The van der Waals surface area contributed by atoms with Gasteiger partial charge >= 0.3 is 0 Å². The van der Waals surface area contributed by atoms with Crippen LogP contribution >= 0.6 is 0 Å². The van der Waals surface area contributed by atoms with Gasteiger partial charge in [0, 0.05) is 18.5 Å². The van der Waals surface area contributed by atoms with E-state index in [4.69, 9.17) is 4.42 Å². The molecule has 1 unspecified atom stereocenters. The zero-order chi connectivity index (χ0) is 13.3. The van der Waals surface area contributed by atoms with Crippen molar-refractivity contribution in [3.8, 4) is 0 Å². The molecule has 1 N–H and O–H groups in total. The molecule has 0 saturated carbocycles. The Morgan fingerprint density at radius 1 is 1.61 bits per heavy atom. The van der Waals surface area contributed by atoms with Crippen molar-refractivity contribution in [2.75, 3.05) is 20.1 Å². The standard InChI is InChI=1S/C13H21N3O2/c1-8(2)13-15-9(3)11(18-13)12(17)14-7-10-5-6-16(10)4/h8,10H,5-7H2,1-4H3,(H,14,17). The number of aromatic nitrogens is 1. The monoisotopic (exact) mass is 251 g/mol. The summed E-state index contributed by atoms with van der Waals surface area (Å²) in [5.41, 5.74) is 0.665. The minimum atomic E-state index is -0.160. The van der Waals surface area contributed by atoms with Crippen LogP contribution in [0.2, 0.25) is 0 Å². The maximum absolute atomic E-state index is 12.0. The van der Waals surface area contributed by atoms with Gasteiger partial charge in [0.15, 0.2) is 5.89 Å². The van der Waals surface area contributed by atoms with Crippen LogP contribution in [0.4, 0.5) is 0 Å². The largest absolute Gasteiger partial charge is 0.435 e. The Morgan fingerprint density at radius 3 is 2.78 bits per heavy atom. The lowest BCUT2D eigenvalue weighted by Crippen LogP contribution is -2.51. The Balaban J connectivity index is 1.95. The van der Waals surface area contributed by atoms with Crippen LogP contribution in [-0.4, -0.2) is 42.0 Å². The number of likely N-dealkylation sites (N-methyl/N-ethyl adjacent to an activating group) is 1. The predicted molar refractivity (Wildman–Crippen MR) is 68.7 cm³/mol. The zero-order valence-corrected chi connectivity index (χ0v) is 11.5. The predicted octanol–water partition coefficient (Wildman–Crippen LogP) is 1.54. The van der Waals surface area contributed by atoms with E-state index in [0.29, 0.717) is 29.9 Å². The third kappa shape index (κ3) is 2.56. The lowest BCUT2D eigenvalue weighted by molar-refractivity contribution is 0.0856. The number of rotatable bonds is 4. The molecule has 18 heavy (non-hydrogen) atoms. The van der Waals surface area contributed by atoms with Gasteiger partial charge in [0.25, 0.3) is 5.91 Å². The normalized spacial score (nSPS) is 19.9. The summed E-state index contributed by atoms with van der Waals surface area (Å²) in [6.45, 7) is 7.58. The number of nitrogens with one attached hydrogen (secondary N) is 1. The molecule has 1 aromatic heterocycles. The molecule has 100 valence electrons. The van der Waals surface area contributed by atoms with Gasteiger partial charge in [-0.15, -0.1) is 0 Å². The van der Waals surface area contributed by atoms with Gasteiger partial charge in [-0.05, 0) is 26.9 Å². The van der Waals surface area contributed by atoms with Gasteiger partial charge in [0.1, 0.15) is 0 Å². The molecule has 1 saturated heterocycles. The van der Waals surface area contributed by atoms with Crippen LogP contribution < -0.4 is 5.32 Å². The quantitative estimate of drug-likeness (QED) is 0.882. The van der Waals surface area contributed by atoms with Crippen molar-refractivity contribution < 1.29 is 9.21 Å². The average Bonchev–Trinajstić information content (AvgIpc) is 2.69. The Bertz CT molecular complexity index is 439. The molecule has 0 radical (unpaired) electrons. The van der Waals surface area contributed by atoms with Crippen LogP contribution in [0, 0.1) is 6.92 Å². The molecule has 1 amide bonds. The van der Waals surface area contributed by atoms with Crippen LogP contribution in [0.25, 0.3) is 0 Å². The molecule has 1 aliphatic rings. The number of hydrogen-bond acceptors (Lipinski definition) is 4. The van der Waals surface area contributed by atoms with E-state index in [-0.39, 0.29) is 11.8 Å². The van der Waals surface area contributed by atoms with Crippen molar-refractivity contribution in [3.63, 3.8) is 0 Å².